The van der Waals surface area contributed by atoms with E-state index in [-0.39, 0.29) is 6.42 Å². The molecule has 0 aliphatic carbocycles. The second-order valence-corrected chi connectivity index (χ2v) is 4.36. The van der Waals surface area contributed by atoms with Crippen molar-refractivity contribution in [2.45, 2.75) is 25.0 Å². The maximum absolute atomic E-state index is 12.2. The molecule has 0 rings (SSSR count). The van der Waals surface area contributed by atoms with Gasteiger partial charge in [0.2, 0.25) is 9.84 Å². The van der Waals surface area contributed by atoms with Gasteiger partial charge in [0.05, 0.1) is 5.75 Å². The number of hydrogen-bond donors (Lipinski definition) is 0. The lowest BCUT2D eigenvalue weighted by Gasteiger charge is -2.14. The summed E-state index contributed by atoms with van der Waals surface area (Å²) in [6, 6.07) is 0. The SMILES string of the molecule is CCCS(=O)(=O)C(F)(F)C(F)F. The highest BCUT2D eigenvalue weighted by atomic mass is 32.2. The van der Waals surface area contributed by atoms with Gasteiger partial charge in [0.15, 0.2) is 0 Å². The highest BCUT2D eigenvalue weighted by Gasteiger charge is 2.53. The van der Waals surface area contributed by atoms with Crippen molar-refractivity contribution in [1.82, 2.24) is 0 Å². The summed E-state index contributed by atoms with van der Waals surface area (Å²) in [5, 5.41) is -4.91. The summed E-state index contributed by atoms with van der Waals surface area (Å²) < 4.78 is 68.3. The molecule has 0 N–H and O–H groups in total. The van der Waals surface area contributed by atoms with Crippen molar-refractivity contribution >= 4 is 9.84 Å². The van der Waals surface area contributed by atoms with Crippen molar-refractivity contribution in [3.63, 3.8) is 0 Å². The Bertz CT molecular complexity index is 234. The van der Waals surface area contributed by atoms with Gasteiger partial charge in [-0.05, 0) is 6.42 Å². The Kier molecular flexibility index (Phi) is 3.49. The Morgan fingerprint density at radius 1 is 1.33 bits per heavy atom. The van der Waals surface area contributed by atoms with Crippen LogP contribution in [-0.2, 0) is 9.84 Å². The molecule has 0 saturated heterocycles. The summed E-state index contributed by atoms with van der Waals surface area (Å²) in [5.41, 5.74) is 0. The standard InChI is InChI=1S/C5H8F4O2S/c1-2-3-12(10,11)5(8,9)4(6)7/h4H,2-3H2,1H3. The number of hydrogen-bond acceptors (Lipinski definition) is 2. The third kappa shape index (κ3) is 2.09. The first kappa shape index (κ1) is 11.7. The summed E-state index contributed by atoms with van der Waals surface area (Å²) in [4.78, 5) is 0. The Morgan fingerprint density at radius 2 is 1.75 bits per heavy atom. The summed E-state index contributed by atoms with van der Waals surface area (Å²) in [6.07, 6.45) is -4.26. The molecule has 0 atom stereocenters. The van der Waals surface area contributed by atoms with Crippen LogP contribution in [0.3, 0.4) is 0 Å². The van der Waals surface area contributed by atoms with Crippen LogP contribution < -0.4 is 0 Å². The Balaban J connectivity index is 4.77. The molecule has 2 nitrogen and oxygen atoms in total. The molecule has 0 aliphatic rings. The van der Waals surface area contributed by atoms with Crippen molar-refractivity contribution < 1.29 is 26.0 Å². The molecule has 0 fully saturated rings. The average Bonchev–Trinajstić information content (AvgIpc) is 1.86. The number of sulfone groups is 1. The molecule has 74 valence electrons. The molecule has 12 heavy (non-hydrogen) atoms. The minimum atomic E-state index is -4.99. The van der Waals surface area contributed by atoms with Crippen LogP contribution >= 0.6 is 0 Å². The monoisotopic (exact) mass is 208 g/mol. The van der Waals surface area contributed by atoms with Gasteiger partial charge in [-0.3, -0.25) is 0 Å². The Labute approximate surface area is 67.5 Å². The predicted molar refractivity (Wildman–Crippen MR) is 35.0 cm³/mol. The van der Waals surface area contributed by atoms with Gasteiger partial charge < -0.3 is 0 Å². The topological polar surface area (TPSA) is 34.1 Å². The van der Waals surface area contributed by atoms with E-state index in [0.717, 1.165) is 0 Å². The summed E-state index contributed by atoms with van der Waals surface area (Å²) in [5.74, 6) is -0.926. The summed E-state index contributed by atoms with van der Waals surface area (Å²) in [6.45, 7) is 1.32. The zero-order valence-corrected chi connectivity index (χ0v) is 7.04. The van der Waals surface area contributed by atoms with Crippen LogP contribution in [0.25, 0.3) is 0 Å². The quantitative estimate of drug-likeness (QED) is 0.658. The van der Waals surface area contributed by atoms with Crippen molar-refractivity contribution in [3.05, 3.63) is 0 Å². The first-order chi connectivity index (χ1) is 5.25. The maximum atomic E-state index is 12.2. The van der Waals surface area contributed by atoms with Crippen molar-refractivity contribution in [2.24, 2.45) is 0 Å². The largest absolute Gasteiger partial charge is 0.404 e. The molecule has 0 aliphatic heterocycles. The molecule has 0 aromatic heterocycles. The van der Waals surface area contributed by atoms with Crippen LogP contribution in [-0.4, -0.2) is 25.9 Å². The van der Waals surface area contributed by atoms with Gasteiger partial charge in [-0.25, -0.2) is 17.2 Å². The number of halogens is 4. The van der Waals surface area contributed by atoms with Crippen molar-refractivity contribution in [1.29, 1.82) is 0 Å². The molecule has 7 heteroatoms. The highest BCUT2D eigenvalue weighted by molar-refractivity contribution is 7.92. The van der Waals surface area contributed by atoms with Crippen LogP contribution in [0.2, 0.25) is 0 Å². The van der Waals surface area contributed by atoms with E-state index in [4.69, 9.17) is 0 Å². The smallest absolute Gasteiger partial charge is 0.222 e. The van der Waals surface area contributed by atoms with E-state index in [9.17, 15) is 26.0 Å². The van der Waals surface area contributed by atoms with E-state index in [2.05, 4.69) is 0 Å². The molecule has 0 radical (unpaired) electrons. The zero-order chi connectivity index (χ0) is 9.99. The first-order valence-electron chi connectivity index (χ1n) is 3.14. The van der Waals surface area contributed by atoms with Gasteiger partial charge in [0, 0.05) is 0 Å². The normalized spacial score (nSPS) is 13.8. The first-order valence-corrected chi connectivity index (χ1v) is 4.79. The molecule has 0 aromatic carbocycles. The van der Waals surface area contributed by atoms with Crippen molar-refractivity contribution in [2.75, 3.05) is 5.75 Å². The molecule has 0 heterocycles. The number of rotatable bonds is 4. The minimum absolute atomic E-state index is 0.107. The fourth-order valence-corrected chi connectivity index (χ4v) is 1.62. The van der Waals surface area contributed by atoms with E-state index in [1.165, 1.54) is 6.92 Å². The van der Waals surface area contributed by atoms with Gasteiger partial charge in [0.1, 0.15) is 0 Å². The van der Waals surface area contributed by atoms with E-state index in [1.807, 2.05) is 0 Å². The molecular weight excluding hydrogens is 200 g/mol. The average molecular weight is 208 g/mol. The van der Waals surface area contributed by atoms with Gasteiger partial charge in [0.25, 0.3) is 0 Å². The molecule has 0 bridgehead atoms. The lowest BCUT2D eigenvalue weighted by Crippen LogP contribution is -2.38. The molecule has 0 aromatic rings. The molecular formula is C5H8F4O2S. The van der Waals surface area contributed by atoms with Crippen LogP contribution in [0.5, 0.6) is 0 Å². The Hall–Kier alpha value is -0.330. The van der Waals surface area contributed by atoms with Gasteiger partial charge in [-0.15, -0.1) is 0 Å². The van der Waals surface area contributed by atoms with Gasteiger partial charge in [-0.2, -0.15) is 8.78 Å². The van der Waals surface area contributed by atoms with Crippen LogP contribution in [0.4, 0.5) is 17.6 Å². The van der Waals surface area contributed by atoms with Gasteiger partial charge >= 0.3 is 11.7 Å². The van der Waals surface area contributed by atoms with Crippen LogP contribution in [0, 0.1) is 0 Å². The van der Waals surface area contributed by atoms with E-state index in [0.29, 0.717) is 0 Å². The van der Waals surface area contributed by atoms with E-state index in [1.54, 1.807) is 0 Å². The van der Waals surface area contributed by atoms with Gasteiger partial charge in [-0.1, -0.05) is 6.92 Å². The fraction of sp³-hybridized carbons (Fsp3) is 1.00. The molecule has 0 spiro atoms. The lowest BCUT2D eigenvalue weighted by atomic mass is 10.6. The van der Waals surface area contributed by atoms with Crippen LogP contribution in [0.1, 0.15) is 13.3 Å². The summed E-state index contributed by atoms with van der Waals surface area (Å²) in [7, 11) is -4.99. The highest BCUT2D eigenvalue weighted by Crippen LogP contribution is 2.30. The minimum Gasteiger partial charge on any atom is -0.222 e. The van der Waals surface area contributed by atoms with E-state index >= 15 is 0 Å². The lowest BCUT2D eigenvalue weighted by molar-refractivity contribution is -0.0636. The third-order valence-corrected chi connectivity index (χ3v) is 3.09. The fourth-order valence-electron chi connectivity index (χ4n) is 0.541. The molecule has 0 saturated carbocycles. The predicted octanol–water partition coefficient (Wildman–Crippen LogP) is 1.67. The second-order valence-electron chi connectivity index (χ2n) is 2.18. The molecule has 0 amide bonds. The maximum Gasteiger partial charge on any atom is 0.404 e. The summed E-state index contributed by atoms with van der Waals surface area (Å²) >= 11 is 0. The third-order valence-electron chi connectivity index (χ3n) is 1.14. The van der Waals surface area contributed by atoms with Crippen LogP contribution in [0.15, 0.2) is 0 Å². The molecule has 0 unspecified atom stereocenters. The zero-order valence-electron chi connectivity index (χ0n) is 6.23. The second kappa shape index (κ2) is 3.59. The Morgan fingerprint density at radius 3 is 2.00 bits per heavy atom. The number of alkyl halides is 4. The van der Waals surface area contributed by atoms with E-state index < -0.39 is 27.3 Å². The van der Waals surface area contributed by atoms with Crippen molar-refractivity contribution in [3.8, 4) is 0 Å².